The van der Waals surface area contributed by atoms with Gasteiger partial charge < -0.3 is 4.74 Å². The van der Waals surface area contributed by atoms with E-state index >= 15 is 0 Å². The maximum Gasteiger partial charge on any atom is 0.306 e. The van der Waals surface area contributed by atoms with Crippen molar-refractivity contribution < 1.29 is 14.3 Å². The van der Waals surface area contributed by atoms with Crippen molar-refractivity contribution in [2.45, 2.75) is 33.1 Å². The molecule has 1 aromatic rings. The summed E-state index contributed by atoms with van der Waals surface area (Å²) < 4.78 is 5.90. The fourth-order valence-electron chi connectivity index (χ4n) is 1.47. The Kier molecular flexibility index (Phi) is 6.05. The van der Waals surface area contributed by atoms with Crippen LogP contribution in [0.3, 0.4) is 0 Å². The van der Waals surface area contributed by atoms with Gasteiger partial charge in [-0.3, -0.25) is 9.59 Å². The number of carbonyl (C=O) groups excluding carboxylic acids is 2. The van der Waals surface area contributed by atoms with Gasteiger partial charge in [-0.2, -0.15) is 0 Å². The summed E-state index contributed by atoms with van der Waals surface area (Å²) in [7, 11) is 0. The van der Waals surface area contributed by atoms with Crippen LogP contribution in [-0.2, 0) is 9.53 Å². The van der Waals surface area contributed by atoms with Crippen molar-refractivity contribution in [1.82, 2.24) is 0 Å². The van der Waals surface area contributed by atoms with Gasteiger partial charge >= 0.3 is 5.97 Å². The highest BCUT2D eigenvalue weighted by Gasteiger charge is 2.10. The van der Waals surface area contributed by atoms with Crippen LogP contribution in [0.15, 0.2) is 22.7 Å². The predicted molar refractivity (Wildman–Crippen MR) is 73.7 cm³/mol. The van der Waals surface area contributed by atoms with E-state index in [2.05, 4.69) is 15.9 Å². The molecule has 0 saturated carbocycles. The summed E-state index contributed by atoms with van der Waals surface area (Å²) in [5.74, 6) is -0.335. The summed E-state index contributed by atoms with van der Waals surface area (Å²) in [6.45, 7) is 4.28. The second-order valence-corrected chi connectivity index (χ2v) is 4.96. The molecule has 0 spiro atoms. The van der Waals surface area contributed by atoms with Crippen LogP contribution in [-0.4, -0.2) is 18.4 Å². The van der Waals surface area contributed by atoms with Crippen LogP contribution in [0.1, 0.15) is 42.1 Å². The Morgan fingerprint density at radius 3 is 2.61 bits per heavy atom. The monoisotopic (exact) mass is 312 g/mol. The molecule has 0 saturated heterocycles. The number of benzene rings is 1. The molecule has 0 aliphatic heterocycles. The molecular formula is C14H17BrO3. The van der Waals surface area contributed by atoms with Crippen molar-refractivity contribution in [3.05, 3.63) is 33.8 Å². The van der Waals surface area contributed by atoms with E-state index in [4.69, 9.17) is 4.74 Å². The first-order chi connectivity index (χ1) is 8.54. The van der Waals surface area contributed by atoms with E-state index in [9.17, 15) is 9.59 Å². The highest BCUT2D eigenvalue weighted by atomic mass is 79.9. The minimum atomic E-state index is -0.306. The third-order valence-electron chi connectivity index (χ3n) is 2.50. The predicted octanol–water partition coefficient (Wildman–Crippen LogP) is 3.67. The number of esters is 1. The van der Waals surface area contributed by atoms with Crippen LogP contribution in [0.5, 0.6) is 0 Å². The Balaban J connectivity index is 2.50. The van der Waals surface area contributed by atoms with Crippen molar-refractivity contribution in [2.24, 2.45) is 0 Å². The second kappa shape index (κ2) is 7.31. The molecule has 98 valence electrons. The van der Waals surface area contributed by atoms with Crippen molar-refractivity contribution in [3.8, 4) is 0 Å². The van der Waals surface area contributed by atoms with Crippen molar-refractivity contribution in [1.29, 1.82) is 0 Å². The number of aryl methyl sites for hydroxylation is 1. The Labute approximate surface area is 116 Å². The number of ketones is 1. The highest BCUT2D eigenvalue weighted by Crippen LogP contribution is 2.18. The van der Waals surface area contributed by atoms with Gasteiger partial charge in [0.2, 0.25) is 0 Å². The van der Waals surface area contributed by atoms with Crippen LogP contribution in [0.25, 0.3) is 0 Å². The Morgan fingerprint density at radius 2 is 2.00 bits per heavy atom. The Hall–Kier alpha value is -1.16. The van der Waals surface area contributed by atoms with E-state index in [1.165, 1.54) is 0 Å². The smallest absolute Gasteiger partial charge is 0.306 e. The lowest BCUT2D eigenvalue weighted by Crippen LogP contribution is -2.08. The number of hydrogen-bond acceptors (Lipinski definition) is 3. The maximum absolute atomic E-state index is 11.9. The largest absolute Gasteiger partial charge is 0.466 e. The van der Waals surface area contributed by atoms with Crippen molar-refractivity contribution >= 4 is 27.7 Å². The van der Waals surface area contributed by atoms with Gasteiger partial charge in [0.25, 0.3) is 0 Å². The third kappa shape index (κ3) is 4.61. The zero-order valence-electron chi connectivity index (χ0n) is 10.7. The van der Waals surface area contributed by atoms with Crippen molar-refractivity contribution in [2.75, 3.05) is 6.61 Å². The SMILES string of the molecule is CCCOC(=O)CCC(=O)c1ccc(Br)c(C)c1. The number of rotatable bonds is 6. The summed E-state index contributed by atoms with van der Waals surface area (Å²) in [4.78, 5) is 23.1. The van der Waals surface area contributed by atoms with Gasteiger partial charge in [-0.1, -0.05) is 28.9 Å². The van der Waals surface area contributed by atoms with E-state index in [1.54, 1.807) is 6.07 Å². The quantitative estimate of drug-likeness (QED) is 0.594. The molecule has 1 rings (SSSR count). The zero-order chi connectivity index (χ0) is 13.5. The summed E-state index contributed by atoms with van der Waals surface area (Å²) in [5.41, 5.74) is 1.65. The van der Waals surface area contributed by atoms with Gasteiger partial charge in [0, 0.05) is 16.5 Å². The molecule has 0 N–H and O–H groups in total. The van der Waals surface area contributed by atoms with Crippen LogP contribution < -0.4 is 0 Å². The van der Waals surface area contributed by atoms with E-state index in [1.807, 2.05) is 26.0 Å². The van der Waals surface area contributed by atoms with Gasteiger partial charge in [-0.15, -0.1) is 0 Å². The first-order valence-corrected chi connectivity index (χ1v) is 6.79. The Bertz CT molecular complexity index is 441. The summed E-state index contributed by atoms with van der Waals surface area (Å²) >= 11 is 3.38. The molecule has 0 bridgehead atoms. The number of halogens is 1. The molecule has 0 fully saturated rings. The number of hydrogen-bond donors (Lipinski definition) is 0. The lowest BCUT2D eigenvalue weighted by Gasteiger charge is -2.04. The minimum Gasteiger partial charge on any atom is -0.466 e. The van der Waals surface area contributed by atoms with E-state index in [0.717, 1.165) is 16.5 Å². The number of Topliss-reactive ketones (excluding diaryl/α,β-unsaturated/α-hetero) is 1. The summed E-state index contributed by atoms with van der Waals surface area (Å²) in [6, 6.07) is 5.43. The summed E-state index contributed by atoms with van der Waals surface area (Å²) in [6.07, 6.45) is 1.14. The normalized spacial score (nSPS) is 10.2. The van der Waals surface area contributed by atoms with Gasteiger partial charge in [-0.05, 0) is 31.0 Å². The van der Waals surface area contributed by atoms with Gasteiger partial charge in [0.05, 0.1) is 13.0 Å². The molecule has 0 aliphatic carbocycles. The Morgan fingerprint density at radius 1 is 1.28 bits per heavy atom. The van der Waals surface area contributed by atoms with Gasteiger partial charge in [0.15, 0.2) is 5.78 Å². The van der Waals surface area contributed by atoms with E-state index in [-0.39, 0.29) is 24.6 Å². The molecule has 0 atom stereocenters. The minimum absolute atomic E-state index is 0.0287. The fourth-order valence-corrected chi connectivity index (χ4v) is 1.71. The standard InChI is InChI=1S/C14H17BrO3/c1-3-8-18-14(17)7-6-13(16)11-4-5-12(15)10(2)9-11/h4-5,9H,3,6-8H2,1-2H3. The zero-order valence-corrected chi connectivity index (χ0v) is 12.2. The molecule has 0 unspecified atom stereocenters. The molecule has 0 heterocycles. The molecule has 0 amide bonds. The average Bonchev–Trinajstić information content (AvgIpc) is 2.36. The number of carbonyl (C=O) groups is 2. The second-order valence-electron chi connectivity index (χ2n) is 4.11. The van der Waals surface area contributed by atoms with Crippen LogP contribution in [0.4, 0.5) is 0 Å². The molecular weight excluding hydrogens is 296 g/mol. The van der Waals surface area contributed by atoms with E-state index in [0.29, 0.717) is 12.2 Å². The lowest BCUT2D eigenvalue weighted by molar-refractivity contribution is -0.143. The maximum atomic E-state index is 11.9. The molecule has 1 aromatic carbocycles. The molecule has 0 aromatic heterocycles. The third-order valence-corrected chi connectivity index (χ3v) is 3.39. The van der Waals surface area contributed by atoms with Crippen LogP contribution in [0.2, 0.25) is 0 Å². The first-order valence-electron chi connectivity index (χ1n) is 5.99. The molecule has 4 heteroatoms. The summed E-state index contributed by atoms with van der Waals surface area (Å²) in [5, 5.41) is 0. The topological polar surface area (TPSA) is 43.4 Å². The van der Waals surface area contributed by atoms with Crippen LogP contribution in [0, 0.1) is 6.92 Å². The fraction of sp³-hybridized carbons (Fsp3) is 0.429. The number of ether oxygens (including phenoxy) is 1. The lowest BCUT2D eigenvalue weighted by atomic mass is 10.0. The van der Waals surface area contributed by atoms with Gasteiger partial charge in [-0.25, -0.2) is 0 Å². The van der Waals surface area contributed by atoms with Gasteiger partial charge in [0.1, 0.15) is 0 Å². The highest BCUT2D eigenvalue weighted by molar-refractivity contribution is 9.10. The first kappa shape index (κ1) is 14.9. The molecule has 3 nitrogen and oxygen atoms in total. The molecule has 0 radical (unpaired) electrons. The van der Waals surface area contributed by atoms with Crippen molar-refractivity contribution in [3.63, 3.8) is 0 Å². The van der Waals surface area contributed by atoms with E-state index < -0.39 is 0 Å². The molecule has 0 aliphatic rings. The average molecular weight is 313 g/mol. The molecule has 18 heavy (non-hydrogen) atoms. The van der Waals surface area contributed by atoms with Crippen LogP contribution >= 0.6 is 15.9 Å².